The fraction of sp³-hybridized carbons (Fsp3) is 0.200. The Bertz CT molecular complexity index is 221. The van der Waals surface area contributed by atoms with E-state index in [2.05, 4.69) is 21.5 Å². The number of esters is 1. The lowest BCUT2D eigenvalue weighted by Gasteiger charge is -2.11. The Hall–Kier alpha value is -1.52. The maximum Gasteiger partial charge on any atom is 0.332 e. The molecule has 5 heteroatoms. The number of rotatable bonds is 2. The van der Waals surface area contributed by atoms with Crippen molar-refractivity contribution in [1.29, 1.82) is 0 Å². The second kappa shape index (κ2) is 2.38. The number of amides is 1. The summed E-state index contributed by atoms with van der Waals surface area (Å²) >= 11 is 0. The van der Waals surface area contributed by atoms with Gasteiger partial charge in [0.25, 0.3) is 6.23 Å². The van der Waals surface area contributed by atoms with Crippen LogP contribution in [0.15, 0.2) is 22.9 Å². The highest BCUT2D eigenvalue weighted by Crippen LogP contribution is 2.08. The third-order valence-electron chi connectivity index (χ3n) is 0.867. The van der Waals surface area contributed by atoms with Crippen LogP contribution in [0.2, 0.25) is 0 Å². The molecule has 1 aliphatic rings. The SMILES string of the molecule is C=CC(=O)OC1N=NC1=O. The van der Waals surface area contributed by atoms with Gasteiger partial charge < -0.3 is 4.74 Å². The zero-order valence-corrected chi connectivity index (χ0v) is 4.98. The van der Waals surface area contributed by atoms with Crippen molar-refractivity contribution in [3.8, 4) is 0 Å². The molecule has 0 aromatic rings. The maximum atomic E-state index is 10.4. The topological polar surface area (TPSA) is 68.1 Å². The Kier molecular flexibility index (Phi) is 1.57. The van der Waals surface area contributed by atoms with Gasteiger partial charge in [-0.3, -0.25) is 4.79 Å². The summed E-state index contributed by atoms with van der Waals surface area (Å²) in [6.07, 6.45) is -0.0632. The lowest BCUT2D eigenvalue weighted by atomic mass is 10.5. The number of hydrogen-bond donors (Lipinski definition) is 0. The van der Waals surface area contributed by atoms with E-state index in [-0.39, 0.29) is 0 Å². The van der Waals surface area contributed by atoms with Gasteiger partial charge in [0, 0.05) is 6.08 Å². The molecule has 1 atom stereocenters. The lowest BCUT2D eigenvalue weighted by Crippen LogP contribution is -2.28. The normalized spacial score (nSPS) is 21.6. The Morgan fingerprint density at radius 1 is 1.80 bits per heavy atom. The number of carbonyl (C=O) groups is 2. The Morgan fingerprint density at radius 2 is 2.50 bits per heavy atom. The van der Waals surface area contributed by atoms with E-state index in [9.17, 15) is 9.59 Å². The van der Waals surface area contributed by atoms with Crippen molar-refractivity contribution in [2.45, 2.75) is 6.23 Å². The van der Waals surface area contributed by atoms with Crippen LogP contribution in [0.3, 0.4) is 0 Å². The summed E-state index contributed by atoms with van der Waals surface area (Å²) < 4.78 is 4.38. The summed E-state index contributed by atoms with van der Waals surface area (Å²) in [4.78, 5) is 20.7. The first kappa shape index (κ1) is 6.60. The first-order valence-electron chi connectivity index (χ1n) is 2.52. The van der Waals surface area contributed by atoms with Crippen LogP contribution in [0.4, 0.5) is 0 Å². The zero-order valence-electron chi connectivity index (χ0n) is 4.98. The molecule has 5 nitrogen and oxygen atoms in total. The lowest BCUT2D eigenvalue weighted by molar-refractivity contribution is -0.153. The molecular weight excluding hydrogens is 136 g/mol. The Balaban J connectivity index is 2.41. The molecule has 0 spiro atoms. The molecule has 0 aromatic heterocycles. The number of nitrogens with zero attached hydrogens (tertiary/aromatic N) is 2. The molecule has 0 saturated heterocycles. The molecule has 0 aliphatic carbocycles. The van der Waals surface area contributed by atoms with Crippen LogP contribution in [-0.4, -0.2) is 18.1 Å². The smallest absolute Gasteiger partial charge is 0.332 e. The Morgan fingerprint density at radius 3 is 2.80 bits per heavy atom. The van der Waals surface area contributed by atoms with Gasteiger partial charge in [-0.15, -0.1) is 10.2 Å². The van der Waals surface area contributed by atoms with Crippen molar-refractivity contribution >= 4 is 11.9 Å². The highest BCUT2D eigenvalue weighted by molar-refractivity contribution is 5.89. The molecule has 10 heavy (non-hydrogen) atoms. The van der Waals surface area contributed by atoms with E-state index >= 15 is 0 Å². The van der Waals surface area contributed by atoms with Gasteiger partial charge in [0.15, 0.2) is 0 Å². The predicted octanol–water partition coefficient (Wildman–Crippen LogP) is 0.0341. The van der Waals surface area contributed by atoms with Gasteiger partial charge in [0.1, 0.15) is 0 Å². The van der Waals surface area contributed by atoms with Crippen LogP contribution >= 0.6 is 0 Å². The minimum atomic E-state index is -1.02. The molecule has 0 radical (unpaired) electrons. The molecule has 0 aromatic carbocycles. The van der Waals surface area contributed by atoms with Gasteiger partial charge in [-0.05, 0) is 0 Å². The molecule has 52 valence electrons. The van der Waals surface area contributed by atoms with Gasteiger partial charge in [-0.25, -0.2) is 4.79 Å². The summed E-state index contributed by atoms with van der Waals surface area (Å²) in [6.45, 7) is 3.14. The average molecular weight is 140 g/mol. The standard InChI is InChI=1S/C5H4N2O3/c1-2-3(8)10-5-4(9)6-7-5/h2,5H,1H2. The van der Waals surface area contributed by atoms with Crippen molar-refractivity contribution in [3.05, 3.63) is 12.7 Å². The molecule has 1 heterocycles. The van der Waals surface area contributed by atoms with E-state index in [1.54, 1.807) is 0 Å². The van der Waals surface area contributed by atoms with Crippen LogP contribution in [0.1, 0.15) is 0 Å². The molecule has 1 rings (SSSR count). The van der Waals surface area contributed by atoms with Crippen molar-refractivity contribution in [3.63, 3.8) is 0 Å². The molecule has 1 unspecified atom stereocenters. The van der Waals surface area contributed by atoms with E-state index in [1.807, 2.05) is 0 Å². The van der Waals surface area contributed by atoms with Crippen molar-refractivity contribution in [1.82, 2.24) is 0 Å². The van der Waals surface area contributed by atoms with E-state index < -0.39 is 18.1 Å². The highest BCUT2D eigenvalue weighted by Gasteiger charge is 2.28. The van der Waals surface area contributed by atoms with Gasteiger partial charge in [0.2, 0.25) is 0 Å². The molecule has 0 bridgehead atoms. The fourth-order valence-electron chi connectivity index (χ4n) is 0.384. The first-order chi connectivity index (χ1) is 4.74. The number of hydrogen-bond acceptors (Lipinski definition) is 4. The van der Waals surface area contributed by atoms with E-state index in [0.29, 0.717) is 0 Å². The number of carbonyl (C=O) groups excluding carboxylic acids is 2. The number of azo groups is 1. The van der Waals surface area contributed by atoms with E-state index in [0.717, 1.165) is 6.08 Å². The van der Waals surface area contributed by atoms with Crippen LogP contribution in [0.25, 0.3) is 0 Å². The minimum absolute atomic E-state index is 0.532. The summed E-state index contributed by atoms with van der Waals surface area (Å²) in [5.41, 5.74) is 0. The van der Waals surface area contributed by atoms with E-state index in [4.69, 9.17) is 0 Å². The quantitative estimate of drug-likeness (QED) is 0.401. The van der Waals surface area contributed by atoms with Gasteiger partial charge >= 0.3 is 11.9 Å². The third kappa shape index (κ3) is 1.07. The number of ether oxygens (including phenoxy) is 1. The van der Waals surface area contributed by atoms with Crippen LogP contribution in [0, 0.1) is 0 Å². The molecule has 1 amide bonds. The van der Waals surface area contributed by atoms with Gasteiger partial charge in [0.05, 0.1) is 0 Å². The van der Waals surface area contributed by atoms with Crippen molar-refractivity contribution in [2.75, 3.05) is 0 Å². The average Bonchev–Trinajstić information content (AvgIpc) is 1.96. The molecular formula is C5H4N2O3. The first-order valence-corrected chi connectivity index (χ1v) is 2.52. The summed E-state index contributed by atoms with van der Waals surface area (Å²) in [5.74, 6) is -1.20. The van der Waals surface area contributed by atoms with Gasteiger partial charge in [-0.2, -0.15) is 0 Å². The largest absolute Gasteiger partial charge is 0.425 e. The van der Waals surface area contributed by atoms with Crippen LogP contribution < -0.4 is 0 Å². The highest BCUT2D eigenvalue weighted by atomic mass is 16.6. The minimum Gasteiger partial charge on any atom is -0.425 e. The van der Waals surface area contributed by atoms with Crippen molar-refractivity contribution < 1.29 is 14.3 Å². The van der Waals surface area contributed by atoms with Gasteiger partial charge in [-0.1, -0.05) is 6.58 Å². The fourth-order valence-corrected chi connectivity index (χ4v) is 0.384. The Labute approximate surface area is 56.4 Å². The second-order valence-corrected chi connectivity index (χ2v) is 1.55. The molecule has 1 aliphatic heterocycles. The summed E-state index contributed by atoms with van der Waals surface area (Å²) in [6, 6.07) is 0. The van der Waals surface area contributed by atoms with Crippen LogP contribution in [0.5, 0.6) is 0 Å². The third-order valence-corrected chi connectivity index (χ3v) is 0.867. The summed E-state index contributed by atoms with van der Waals surface area (Å²) in [7, 11) is 0. The second-order valence-electron chi connectivity index (χ2n) is 1.55. The van der Waals surface area contributed by atoms with Crippen LogP contribution in [-0.2, 0) is 14.3 Å². The predicted molar refractivity (Wildman–Crippen MR) is 29.9 cm³/mol. The molecule has 0 saturated carbocycles. The molecule has 0 fully saturated rings. The zero-order chi connectivity index (χ0) is 7.56. The summed E-state index contributed by atoms with van der Waals surface area (Å²) in [5, 5.41) is 6.24. The molecule has 0 N–H and O–H groups in total. The van der Waals surface area contributed by atoms with Crippen molar-refractivity contribution in [2.24, 2.45) is 10.2 Å². The maximum absolute atomic E-state index is 10.4. The van der Waals surface area contributed by atoms with E-state index in [1.165, 1.54) is 0 Å². The monoisotopic (exact) mass is 140 g/mol.